The molecule has 0 radical (unpaired) electrons. The summed E-state index contributed by atoms with van der Waals surface area (Å²) in [5, 5.41) is 14.0. The Balaban J connectivity index is 1.67. The standard InChI is InChI=1S/C28H26N2O4S2/c1-29(25-13-7-19-36-25)27(33)23-11-4-2-9-21(23)22-10-3-5-12-24(22)28(34)30(17-15-26(31)32)16-14-20-8-6-18-35-20/h2-13,18-19H,14-17H2,1H3,(H,31,32). The van der Waals surface area contributed by atoms with Gasteiger partial charge < -0.3 is 14.9 Å². The molecule has 4 aromatic rings. The highest BCUT2D eigenvalue weighted by atomic mass is 32.1. The van der Waals surface area contributed by atoms with Gasteiger partial charge in [0.15, 0.2) is 0 Å². The number of benzene rings is 2. The summed E-state index contributed by atoms with van der Waals surface area (Å²) >= 11 is 3.08. The predicted molar refractivity (Wildman–Crippen MR) is 145 cm³/mol. The number of anilines is 1. The Morgan fingerprint density at radius 1 is 0.750 bits per heavy atom. The molecule has 0 saturated carbocycles. The molecular weight excluding hydrogens is 492 g/mol. The van der Waals surface area contributed by atoms with Crippen LogP contribution in [0.2, 0.25) is 0 Å². The molecule has 0 unspecified atom stereocenters. The van der Waals surface area contributed by atoms with Gasteiger partial charge in [0.2, 0.25) is 0 Å². The summed E-state index contributed by atoms with van der Waals surface area (Å²) in [6.45, 7) is 0.512. The third kappa shape index (κ3) is 5.90. The van der Waals surface area contributed by atoms with Crippen LogP contribution in [0.1, 0.15) is 32.0 Å². The van der Waals surface area contributed by atoms with E-state index in [2.05, 4.69) is 0 Å². The van der Waals surface area contributed by atoms with Crippen LogP contribution in [0.3, 0.4) is 0 Å². The number of nitrogens with zero attached hydrogens (tertiary/aromatic N) is 2. The number of thiophene rings is 2. The third-order valence-electron chi connectivity index (χ3n) is 5.84. The Bertz CT molecular complexity index is 1330. The minimum absolute atomic E-state index is 0.107. The van der Waals surface area contributed by atoms with Gasteiger partial charge in [0.05, 0.1) is 11.4 Å². The van der Waals surface area contributed by atoms with E-state index in [4.69, 9.17) is 0 Å². The fraction of sp³-hybridized carbons (Fsp3) is 0.179. The van der Waals surface area contributed by atoms with Crippen LogP contribution in [0.4, 0.5) is 5.00 Å². The molecule has 0 aliphatic carbocycles. The summed E-state index contributed by atoms with van der Waals surface area (Å²) in [5.41, 5.74) is 2.23. The zero-order valence-corrected chi connectivity index (χ0v) is 21.4. The Labute approximate surface area is 218 Å². The molecule has 2 heterocycles. The lowest BCUT2D eigenvalue weighted by atomic mass is 9.94. The van der Waals surface area contributed by atoms with E-state index < -0.39 is 5.97 Å². The average Bonchev–Trinajstić information content (AvgIpc) is 3.62. The average molecular weight is 519 g/mol. The van der Waals surface area contributed by atoms with Gasteiger partial charge >= 0.3 is 5.97 Å². The molecule has 0 atom stereocenters. The van der Waals surface area contributed by atoms with Gasteiger partial charge in [-0.1, -0.05) is 42.5 Å². The number of carboxylic acid groups (broad SMARTS) is 1. The molecule has 36 heavy (non-hydrogen) atoms. The Hall–Kier alpha value is -3.75. The maximum Gasteiger partial charge on any atom is 0.305 e. The van der Waals surface area contributed by atoms with Crippen LogP contribution in [0, 0.1) is 0 Å². The molecule has 0 bridgehead atoms. The van der Waals surface area contributed by atoms with Gasteiger partial charge in [0, 0.05) is 36.1 Å². The molecule has 4 rings (SSSR count). The summed E-state index contributed by atoms with van der Waals surface area (Å²) < 4.78 is 0. The molecule has 184 valence electrons. The number of aliphatic carboxylic acids is 1. The van der Waals surface area contributed by atoms with Crippen LogP contribution in [-0.2, 0) is 11.2 Å². The summed E-state index contributed by atoms with van der Waals surface area (Å²) in [7, 11) is 1.74. The number of carboxylic acids is 1. The molecule has 8 heteroatoms. The van der Waals surface area contributed by atoms with E-state index in [0.717, 1.165) is 9.88 Å². The van der Waals surface area contributed by atoms with Gasteiger partial charge in [-0.3, -0.25) is 14.4 Å². The fourth-order valence-electron chi connectivity index (χ4n) is 3.97. The van der Waals surface area contributed by atoms with Crippen LogP contribution in [0.5, 0.6) is 0 Å². The van der Waals surface area contributed by atoms with E-state index in [-0.39, 0.29) is 24.8 Å². The SMILES string of the molecule is CN(C(=O)c1ccccc1-c1ccccc1C(=O)N(CCC(=O)O)CCc1cccs1)c1cccs1. The number of rotatable bonds is 10. The minimum atomic E-state index is -0.954. The second-order valence-corrected chi connectivity index (χ2v) is 10.1. The molecule has 2 aromatic heterocycles. The predicted octanol–water partition coefficient (Wildman–Crippen LogP) is 5.91. The van der Waals surface area contributed by atoms with Crippen LogP contribution in [0.15, 0.2) is 83.6 Å². The van der Waals surface area contributed by atoms with Crippen molar-refractivity contribution in [2.75, 3.05) is 25.0 Å². The van der Waals surface area contributed by atoms with Crippen LogP contribution >= 0.6 is 22.7 Å². The number of carbonyl (C=O) groups excluding carboxylic acids is 2. The second-order valence-electron chi connectivity index (χ2n) is 8.17. The first kappa shape index (κ1) is 25.3. The fourth-order valence-corrected chi connectivity index (χ4v) is 5.36. The van der Waals surface area contributed by atoms with Crippen molar-refractivity contribution in [3.8, 4) is 11.1 Å². The molecule has 2 aromatic carbocycles. The monoisotopic (exact) mass is 518 g/mol. The highest BCUT2D eigenvalue weighted by Gasteiger charge is 2.24. The quantitative estimate of drug-likeness (QED) is 0.283. The number of amides is 2. The van der Waals surface area contributed by atoms with E-state index in [1.165, 1.54) is 11.3 Å². The van der Waals surface area contributed by atoms with Gasteiger partial charge in [0.1, 0.15) is 0 Å². The van der Waals surface area contributed by atoms with Crippen molar-refractivity contribution >= 4 is 45.5 Å². The van der Waals surface area contributed by atoms with E-state index >= 15 is 0 Å². The number of hydrogen-bond donors (Lipinski definition) is 1. The van der Waals surface area contributed by atoms with Gasteiger partial charge in [-0.25, -0.2) is 0 Å². The van der Waals surface area contributed by atoms with Crippen molar-refractivity contribution in [1.82, 2.24) is 4.90 Å². The molecular formula is C28H26N2O4S2. The van der Waals surface area contributed by atoms with E-state index in [9.17, 15) is 19.5 Å². The van der Waals surface area contributed by atoms with Crippen molar-refractivity contribution in [1.29, 1.82) is 0 Å². The van der Waals surface area contributed by atoms with Gasteiger partial charge in [-0.15, -0.1) is 22.7 Å². The van der Waals surface area contributed by atoms with Gasteiger partial charge in [-0.05, 0) is 58.6 Å². The molecule has 0 spiro atoms. The van der Waals surface area contributed by atoms with Crippen molar-refractivity contribution in [2.45, 2.75) is 12.8 Å². The van der Waals surface area contributed by atoms with E-state index in [0.29, 0.717) is 35.2 Å². The van der Waals surface area contributed by atoms with E-state index in [1.54, 1.807) is 46.4 Å². The summed E-state index contributed by atoms with van der Waals surface area (Å²) in [4.78, 5) is 42.8. The highest BCUT2D eigenvalue weighted by molar-refractivity contribution is 7.14. The minimum Gasteiger partial charge on any atom is -0.481 e. The molecule has 0 aliphatic heterocycles. The number of hydrogen-bond acceptors (Lipinski definition) is 5. The van der Waals surface area contributed by atoms with E-state index in [1.807, 2.05) is 65.4 Å². The first-order valence-electron chi connectivity index (χ1n) is 11.5. The first-order chi connectivity index (χ1) is 17.5. The van der Waals surface area contributed by atoms with Crippen molar-refractivity contribution in [3.05, 3.63) is 99.6 Å². The van der Waals surface area contributed by atoms with Crippen LogP contribution in [0.25, 0.3) is 11.1 Å². The molecule has 1 N–H and O–H groups in total. The topological polar surface area (TPSA) is 77.9 Å². The number of carbonyl (C=O) groups is 3. The summed E-state index contributed by atoms with van der Waals surface area (Å²) in [6, 6.07) is 22.2. The third-order valence-corrected chi connectivity index (χ3v) is 7.72. The second kappa shape index (κ2) is 11.8. The van der Waals surface area contributed by atoms with Crippen LogP contribution < -0.4 is 4.90 Å². The smallest absolute Gasteiger partial charge is 0.305 e. The molecule has 0 fully saturated rings. The lowest BCUT2D eigenvalue weighted by molar-refractivity contribution is -0.137. The van der Waals surface area contributed by atoms with Gasteiger partial charge in [-0.2, -0.15) is 0 Å². The largest absolute Gasteiger partial charge is 0.481 e. The Morgan fingerprint density at radius 3 is 1.94 bits per heavy atom. The lowest BCUT2D eigenvalue weighted by Gasteiger charge is -2.24. The highest BCUT2D eigenvalue weighted by Crippen LogP contribution is 2.31. The summed E-state index contributed by atoms with van der Waals surface area (Å²) in [6.07, 6.45) is 0.505. The van der Waals surface area contributed by atoms with Gasteiger partial charge in [0.25, 0.3) is 11.8 Å². The maximum absolute atomic E-state index is 13.8. The Kier molecular flexibility index (Phi) is 8.30. The van der Waals surface area contributed by atoms with Crippen LogP contribution in [-0.4, -0.2) is 47.9 Å². The normalized spacial score (nSPS) is 10.7. The molecule has 0 saturated heterocycles. The van der Waals surface area contributed by atoms with Crippen molar-refractivity contribution in [3.63, 3.8) is 0 Å². The van der Waals surface area contributed by atoms with Crippen molar-refractivity contribution in [2.24, 2.45) is 0 Å². The molecule has 6 nitrogen and oxygen atoms in total. The van der Waals surface area contributed by atoms with Crippen molar-refractivity contribution < 1.29 is 19.5 Å². The zero-order valence-electron chi connectivity index (χ0n) is 19.8. The molecule has 0 aliphatic rings. The Morgan fingerprint density at radius 2 is 1.36 bits per heavy atom. The first-order valence-corrected chi connectivity index (χ1v) is 13.2. The lowest BCUT2D eigenvalue weighted by Crippen LogP contribution is -2.35. The summed E-state index contributed by atoms with van der Waals surface area (Å²) in [5.74, 6) is -1.38. The molecule has 2 amide bonds. The zero-order chi connectivity index (χ0) is 25.5. The maximum atomic E-state index is 13.8.